The summed E-state index contributed by atoms with van der Waals surface area (Å²) in [5, 5.41) is 9.08. The van der Waals surface area contributed by atoms with Crippen LogP contribution in [-0.2, 0) is 67.5 Å². The highest BCUT2D eigenvalue weighted by Gasteiger charge is 2.26. The van der Waals surface area contributed by atoms with Crippen molar-refractivity contribution in [2.45, 2.75) is 97.2 Å². The number of ether oxygens (including phenoxy) is 4. The third kappa shape index (κ3) is 25.9. The number of Topliss-reactive ketones (excluding diaryl/α,β-unsaturated/α-hetero) is 4. The standard InChI is InChI=1S/C30H29NO3.2C29H27NO3.C27H23NO3/c1-20-13-21(2)15-27(14-20)30(33)34-19-22-7-11-25(12-8-22)28(18-31)29(32)17-23-9-10-24-5-3-4-6-26(24)16-23;1-19-7-14-26(20(2)15-19)29(32)33-25-12-10-23(11-13-25)27(18-30)28(31)17-21-8-9-22-5-3-4-6-24(22)16-21;1-20-6-11-25(12-7-20)29(32)33-19-21-8-14-24(15-9-21)27(18-30)28(31)17-22-10-13-23-4-2-3-5-26(23)16-22;28-18-25(26(29)17-19-10-11-20-6-4-5-9-23(20)16-19)21-12-14-24(15-13-21)31-27(30)22-7-2-1-3-8-22/h3-16,28H,17-19,31H2,1-2H3;3-16,27H,17-18,30H2,1-2H3;2-16,27H,17-19,30H2,1H3;1-16,25H,17-18,28H2. The highest BCUT2D eigenvalue weighted by molar-refractivity contribution is 5.96. The molecule has 16 aromatic carbocycles. The molecule has 0 heterocycles. The number of rotatable bonds is 30. The quantitative estimate of drug-likeness (QED) is 0.0240. The topological polar surface area (TPSA) is 278 Å². The van der Waals surface area contributed by atoms with Gasteiger partial charge in [0.2, 0.25) is 0 Å². The van der Waals surface area contributed by atoms with Crippen LogP contribution < -0.4 is 32.4 Å². The second kappa shape index (κ2) is 45.6. The molecule has 16 heteroatoms. The number of esters is 4. The molecule has 0 amide bonds. The van der Waals surface area contributed by atoms with Gasteiger partial charge in [0.25, 0.3) is 0 Å². The lowest BCUT2D eigenvalue weighted by Gasteiger charge is -2.15. The molecule has 4 unspecified atom stereocenters. The maximum atomic E-state index is 13.0. The Labute approximate surface area is 764 Å². The van der Waals surface area contributed by atoms with E-state index in [0.29, 0.717) is 59.4 Å². The van der Waals surface area contributed by atoms with Gasteiger partial charge >= 0.3 is 23.9 Å². The first-order valence-corrected chi connectivity index (χ1v) is 43.8. The minimum Gasteiger partial charge on any atom is -0.457 e. The number of carbonyl (C=O) groups is 8. The molecule has 4 atom stereocenters. The molecule has 0 aliphatic rings. The predicted octanol–water partition coefficient (Wildman–Crippen LogP) is 21.5. The third-order valence-corrected chi connectivity index (χ3v) is 23.1. The van der Waals surface area contributed by atoms with Crippen molar-refractivity contribution in [2.75, 3.05) is 26.2 Å². The summed E-state index contributed by atoms with van der Waals surface area (Å²) in [4.78, 5) is 101. The van der Waals surface area contributed by atoms with Crippen molar-refractivity contribution < 1.29 is 57.3 Å². The summed E-state index contributed by atoms with van der Waals surface area (Å²) >= 11 is 0. The van der Waals surface area contributed by atoms with Crippen molar-refractivity contribution in [1.82, 2.24) is 0 Å². The minimum absolute atomic E-state index is 0.0619. The van der Waals surface area contributed by atoms with Crippen molar-refractivity contribution >= 4 is 90.1 Å². The number of benzene rings is 16. The van der Waals surface area contributed by atoms with Gasteiger partial charge in [0, 0.05) is 51.9 Å². The van der Waals surface area contributed by atoms with Gasteiger partial charge in [0.1, 0.15) is 47.8 Å². The normalized spacial score (nSPS) is 11.8. The molecule has 0 saturated heterocycles. The maximum absolute atomic E-state index is 13.0. The lowest BCUT2D eigenvalue weighted by molar-refractivity contribution is -0.120. The Balaban J connectivity index is 0.000000149. The second-order valence-corrected chi connectivity index (χ2v) is 32.9. The number of nitrogens with two attached hydrogens (primary N) is 4. The summed E-state index contributed by atoms with van der Waals surface area (Å²) in [6, 6.07) is 113. The van der Waals surface area contributed by atoms with Crippen LogP contribution in [0.15, 0.2) is 358 Å². The Morgan fingerprint density at radius 2 is 0.527 bits per heavy atom. The fraction of sp³-hybridized carbons (Fsp3) is 0.165. The fourth-order valence-electron chi connectivity index (χ4n) is 15.9. The van der Waals surface area contributed by atoms with Gasteiger partial charge in [-0.2, -0.15) is 0 Å². The van der Waals surface area contributed by atoms with Crippen LogP contribution in [0.1, 0.15) is 149 Å². The summed E-state index contributed by atoms with van der Waals surface area (Å²) in [6.07, 6.45) is 1.30. The fourth-order valence-corrected chi connectivity index (χ4v) is 15.9. The zero-order chi connectivity index (χ0) is 92.3. The summed E-state index contributed by atoms with van der Waals surface area (Å²) < 4.78 is 21.8. The molecule has 0 saturated carbocycles. The van der Waals surface area contributed by atoms with Gasteiger partial charge in [-0.15, -0.1) is 0 Å². The number of aryl methyl sites for hydroxylation is 5. The molecule has 0 aliphatic heterocycles. The molecular formula is C115H106N4O12. The molecule has 16 nitrogen and oxygen atoms in total. The average molecular weight is 1740 g/mol. The summed E-state index contributed by atoms with van der Waals surface area (Å²) in [5.74, 6) is -1.94. The summed E-state index contributed by atoms with van der Waals surface area (Å²) in [5.41, 5.74) is 40.1. The van der Waals surface area contributed by atoms with Gasteiger partial charge in [-0.25, -0.2) is 19.2 Å². The molecule has 0 spiro atoms. The molecule has 0 aliphatic carbocycles. The van der Waals surface area contributed by atoms with Crippen LogP contribution in [0.3, 0.4) is 0 Å². The van der Waals surface area contributed by atoms with E-state index in [1.807, 2.05) is 253 Å². The van der Waals surface area contributed by atoms with E-state index >= 15 is 0 Å². The maximum Gasteiger partial charge on any atom is 0.343 e. The van der Waals surface area contributed by atoms with Crippen LogP contribution in [0, 0.1) is 34.6 Å². The van der Waals surface area contributed by atoms with E-state index in [1.165, 1.54) is 0 Å². The largest absolute Gasteiger partial charge is 0.457 e. The van der Waals surface area contributed by atoms with E-state index in [0.717, 1.165) is 127 Å². The number of carbonyl (C=O) groups excluding carboxylic acids is 8. The molecule has 0 bridgehead atoms. The van der Waals surface area contributed by atoms with Crippen molar-refractivity contribution in [3.8, 4) is 11.5 Å². The Bertz CT molecular complexity index is 6690. The Morgan fingerprint density at radius 3 is 0.863 bits per heavy atom. The van der Waals surface area contributed by atoms with Crippen molar-refractivity contribution in [3.63, 3.8) is 0 Å². The molecule has 0 aromatic heterocycles. The molecule has 0 fully saturated rings. The SMILES string of the molecule is Cc1cc(C)cc(C(=O)OCc2ccc(C(CN)C(=O)Cc3ccc4ccccc4c3)cc2)c1.Cc1ccc(C(=O)OCc2ccc(C(CN)C(=O)Cc3ccc4ccccc4c3)cc2)cc1.Cc1ccc(C(=O)Oc2ccc(C(CN)C(=O)Cc3ccc4ccccc4c3)cc2)c(C)c1.NCC(C(=O)Cc1ccc2ccccc2c1)c1ccc(OC(=O)c2ccccc2)cc1. The lowest BCUT2D eigenvalue weighted by Crippen LogP contribution is -2.23. The predicted molar refractivity (Wildman–Crippen MR) is 521 cm³/mol. The van der Waals surface area contributed by atoms with Crippen LogP contribution in [0.25, 0.3) is 43.1 Å². The van der Waals surface area contributed by atoms with E-state index in [1.54, 1.807) is 91.0 Å². The van der Waals surface area contributed by atoms with Gasteiger partial charge < -0.3 is 41.9 Å². The molecular weight excluding hydrogens is 1630 g/mol. The number of hydrogen-bond donors (Lipinski definition) is 4. The third-order valence-electron chi connectivity index (χ3n) is 23.1. The van der Waals surface area contributed by atoms with Crippen LogP contribution in [0.4, 0.5) is 0 Å². The van der Waals surface area contributed by atoms with Crippen molar-refractivity contribution in [3.05, 3.63) is 464 Å². The molecule has 0 radical (unpaired) electrons. The Kier molecular flexibility index (Phi) is 32.6. The van der Waals surface area contributed by atoms with E-state index in [4.69, 9.17) is 41.9 Å². The average Bonchev–Trinajstić information content (AvgIpc) is 0.833. The lowest BCUT2D eigenvalue weighted by atomic mass is 9.90. The first-order chi connectivity index (χ1) is 63.5. The second-order valence-electron chi connectivity index (χ2n) is 32.9. The van der Waals surface area contributed by atoms with Crippen LogP contribution in [-0.4, -0.2) is 73.2 Å². The molecule has 131 heavy (non-hydrogen) atoms. The molecule has 8 N–H and O–H groups in total. The van der Waals surface area contributed by atoms with Gasteiger partial charge in [0.15, 0.2) is 0 Å². The minimum atomic E-state index is -0.420. The van der Waals surface area contributed by atoms with Gasteiger partial charge in [-0.1, -0.05) is 313 Å². The smallest absolute Gasteiger partial charge is 0.343 e. The van der Waals surface area contributed by atoms with Gasteiger partial charge in [-0.3, -0.25) is 19.2 Å². The highest BCUT2D eigenvalue weighted by Crippen LogP contribution is 2.30. The highest BCUT2D eigenvalue weighted by atomic mass is 16.5. The number of ketones is 4. The van der Waals surface area contributed by atoms with Crippen LogP contribution in [0.5, 0.6) is 11.5 Å². The molecule has 16 aromatic rings. The zero-order valence-electron chi connectivity index (χ0n) is 74.2. The van der Waals surface area contributed by atoms with E-state index < -0.39 is 23.8 Å². The summed E-state index contributed by atoms with van der Waals surface area (Å²) in [6.45, 7) is 11.0. The van der Waals surface area contributed by atoms with E-state index in [-0.39, 0.29) is 86.3 Å². The zero-order valence-corrected chi connectivity index (χ0v) is 74.2. The van der Waals surface area contributed by atoms with E-state index in [9.17, 15) is 38.4 Å². The van der Waals surface area contributed by atoms with Gasteiger partial charge in [-0.05, 0) is 206 Å². The monoisotopic (exact) mass is 1730 g/mol. The number of hydrogen-bond acceptors (Lipinski definition) is 16. The van der Waals surface area contributed by atoms with Crippen molar-refractivity contribution in [1.29, 1.82) is 0 Å². The van der Waals surface area contributed by atoms with Crippen LogP contribution >= 0.6 is 0 Å². The van der Waals surface area contributed by atoms with Crippen LogP contribution in [0.2, 0.25) is 0 Å². The Hall–Kier alpha value is -15.0. The Morgan fingerprint density at radius 1 is 0.237 bits per heavy atom. The first kappa shape index (κ1) is 93.6. The molecule has 16 rings (SSSR count). The summed E-state index contributed by atoms with van der Waals surface area (Å²) in [7, 11) is 0. The molecule has 658 valence electrons. The van der Waals surface area contributed by atoms with E-state index in [2.05, 4.69) is 48.5 Å². The first-order valence-electron chi connectivity index (χ1n) is 43.8. The van der Waals surface area contributed by atoms with Gasteiger partial charge in [0.05, 0.1) is 45.9 Å². The van der Waals surface area contributed by atoms with Crippen molar-refractivity contribution in [2.24, 2.45) is 22.9 Å². The number of fused-ring (bicyclic) bond motifs is 4.